The molecule has 8 heteroatoms. The highest BCUT2D eigenvalue weighted by Crippen LogP contribution is 2.17. The summed E-state index contributed by atoms with van der Waals surface area (Å²) in [4.78, 5) is 43.8. The van der Waals surface area contributed by atoms with Crippen molar-refractivity contribution in [3.05, 3.63) is 0 Å². The zero-order valence-electron chi connectivity index (χ0n) is 15.7. The van der Waals surface area contributed by atoms with Crippen molar-refractivity contribution >= 4 is 17.8 Å². The monoisotopic (exact) mass is 366 g/mol. The maximum Gasteiger partial charge on any atom is 0.397 e. The van der Waals surface area contributed by atoms with E-state index in [1.807, 2.05) is 0 Å². The summed E-state index contributed by atoms with van der Waals surface area (Å²) in [5.41, 5.74) is 0. The molecule has 0 aromatic rings. The minimum Gasteiger partial charge on any atom is -0.457 e. The summed E-state index contributed by atoms with van der Waals surface area (Å²) in [6, 6.07) is 0.591. The number of carbonyl (C=O) groups is 3. The van der Waals surface area contributed by atoms with Crippen LogP contribution in [-0.4, -0.2) is 109 Å². The van der Waals surface area contributed by atoms with Gasteiger partial charge in [-0.1, -0.05) is 0 Å². The highest BCUT2D eigenvalue weighted by molar-refractivity contribution is 6.32. The van der Waals surface area contributed by atoms with Crippen molar-refractivity contribution in [2.24, 2.45) is 0 Å². The van der Waals surface area contributed by atoms with E-state index in [9.17, 15) is 14.4 Å². The van der Waals surface area contributed by atoms with Gasteiger partial charge in [-0.05, 0) is 39.4 Å². The van der Waals surface area contributed by atoms with Gasteiger partial charge in [0.15, 0.2) is 0 Å². The van der Waals surface area contributed by atoms with E-state index in [1.165, 1.54) is 12.8 Å². The first-order chi connectivity index (χ1) is 12.5. The number of ether oxygens (including phenoxy) is 1. The van der Waals surface area contributed by atoms with Gasteiger partial charge in [-0.3, -0.25) is 14.5 Å². The van der Waals surface area contributed by atoms with Gasteiger partial charge < -0.3 is 19.4 Å². The van der Waals surface area contributed by atoms with Crippen molar-refractivity contribution < 1.29 is 19.1 Å². The molecule has 0 saturated carbocycles. The fraction of sp³-hybridized carbons (Fsp3) is 0.833. The van der Waals surface area contributed by atoms with Gasteiger partial charge in [0.2, 0.25) is 5.91 Å². The van der Waals surface area contributed by atoms with Gasteiger partial charge in [-0.25, -0.2) is 4.79 Å². The Hall–Kier alpha value is -1.67. The van der Waals surface area contributed by atoms with Gasteiger partial charge in [0.25, 0.3) is 0 Å². The lowest BCUT2D eigenvalue weighted by atomic mass is 10.0. The number of rotatable bonds is 4. The molecule has 0 unspecified atom stereocenters. The average Bonchev–Trinajstić information content (AvgIpc) is 3.07. The lowest BCUT2D eigenvalue weighted by molar-refractivity contribution is -0.161. The highest BCUT2D eigenvalue weighted by Gasteiger charge is 2.31. The van der Waals surface area contributed by atoms with Gasteiger partial charge in [-0.2, -0.15) is 0 Å². The molecule has 3 saturated heterocycles. The smallest absolute Gasteiger partial charge is 0.397 e. The fourth-order valence-electron chi connectivity index (χ4n) is 4.03. The molecular formula is C18H30N4O4. The van der Waals surface area contributed by atoms with Crippen LogP contribution in [0.15, 0.2) is 0 Å². The molecule has 0 radical (unpaired) electrons. The third-order valence-corrected chi connectivity index (χ3v) is 5.75. The number of carbonyl (C=O) groups excluding carboxylic acids is 3. The second-order valence-electron chi connectivity index (χ2n) is 7.48. The van der Waals surface area contributed by atoms with Crippen molar-refractivity contribution in [2.45, 2.75) is 31.7 Å². The number of esters is 1. The molecule has 0 spiro atoms. The summed E-state index contributed by atoms with van der Waals surface area (Å²) in [5, 5.41) is 0. The van der Waals surface area contributed by atoms with Gasteiger partial charge in [0.1, 0.15) is 6.61 Å². The number of hydrogen-bond donors (Lipinski definition) is 0. The minimum atomic E-state index is -0.801. The molecule has 3 rings (SSSR count). The Labute approximate surface area is 155 Å². The Morgan fingerprint density at radius 2 is 1.73 bits per heavy atom. The van der Waals surface area contributed by atoms with Gasteiger partial charge in [-0.15, -0.1) is 0 Å². The van der Waals surface area contributed by atoms with Crippen LogP contribution in [-0.2, 0) is 19.1 Å². The van der Waals surface area contributed by atoms with E-state index in [0.29, 0.717) is 38.6 Å². The topological polar surface area (TPSA) is 73.4 Å². The first-order valence-electron chi connectivity index (χ1n) is 9.71. The van der Waals surface area contributed by atoms with Crippen LogP contribution in [0.2, 0.25) is 0 Å². The first-order valence-corrected chi connectivity index (χ1v) is 9.71. The second kappa shape index (κ2) is 8.81. The van der Waals surface area contributed by atoms with Gasteiger partial charge in [0, 0.05) is 45.2 Å². The fourth-order valence-corrected chi connectivity index (χ4v) is 4.03. The summed E-state index contributed by atoms with van der Waals surface area (Å²) in [6.45, 7) is 6.20. The lowest BCUT2D eigenvalue weighted by Crippen LogP contribution is -2.55. The maximum absolute atomic E-state index is 12.3. The van der Waals surface area contributed by atoms with E-state index < -0.39 is 11.9 Å². The quantitative estimate of drug-likeness (QED) is 0.488. The largest absolute Gasteiger partial charge is 0.457 e. The summed E-state index contributed by atoms with van der Waals surface area (Å²) in [5.74, 6) is -1.26. The molecule has 3 aliphatic heterocycles. The Bertz CT molecular complexity index is 525. The lowest BCUT2D eigenvalue weighted by Gasteiger charge is -2.41. The summed E-state index contributed by atoms with van der Waals surface area (Å²) in [6.07, 6.45) is 3.76. The van der Waals surface area contributed by atoms with Crippen LogP contribution >= 0.6 is 0 Å². The molecule has 3 aliphatic rings. The van der Waals surface area contributed by atoms with E-state index >= 15 is 0 Å². The third kappa shape index (κ3) is 4.73. The van der Waals surface area contributed by atoms with Gasteiger partial charge >= 0.3 is 11.9 Å². The van der Waals surface area contributed by atoms with Crippen LogP contribution < -0.4 is 0 Å². The summed E-state index contributed by atoms with van der Waals surface area (Å²) >= 11 is 0. The molecule has 3 fully saturated rings. The molecule has 3 heterocycles. The number of likely N-dealkylation sites (tertiary alicyclic amines) is 2. The minimum absolute atomic E-state index is 0.0892. The number of hydrogen-bond acceptors (Lipinski definition) is 6. The van der Waals surface area contributed by atoms with Crippen LogP contribution in [0.25, 0.3) is 0 Å². The zero-order chi connectivity index (χ0) is 18.5. The Morgan fingerprint density at radius 3 is 2.35 bits per heavy atom. The van der Waals surface area contributed by atoms with Crippen LogP contribution in [0.4, 0.5) is 0 Å². The van der Waals surface area contributed by atoms with Crippen LogP contribution in [0.1, 0.15) is 25.7 Å². The Balaban J connectivity index is 1.36. The number of amides is 2. The van der Waals surface area contributed by atoms with Crippen molar-refractivity contribution in [3.63, 3.8) is 0 Å². The normalized spacial score (nSPS) is 23.5. The number of piperidine rings is 1. The Morgan fingerprint density at radius 1 is 1.04 bits per heavy atom. The molecule has 26 heavy (non-hydrogen) atoms. The molecule has 2 amide bonds. The molecule has 0 atom stereocenters. The van der Waals surface area contributed by atoms with Crippen molar-refractivity contribution in [3.8, 4) is 0 Å². The van der Waals surface area contributed by atoms with Gasteiger partial charge in [0.05, 0.1) is 6.54 Å². The van der Waals surface area contributed by atoms with Crippen molar-refractivity contribution in [1.29, 1.82) is 0 Å². The van der Waals surface area contributed by atoms with E-state index in [4.69, 9.17) is 4.74 Å². The summed E-state index contributed by atoms with van der Waals surface area (Å²) in [7, 11) is 2.15. The van der Waals surface area contributed by atoms with Crippen LogP contribution in [0.5, 0.6) is 0 Å². The maximum atomic E-state index is 12.3. The molecule has 0 aromatic heterocycles. The van der Waals surface area contributed by atoms with Crippen molar-refractivity contribution in [1.82, 2.24) is 19.6 Å². The number of piperazine rings is 1. The standard InChI is InChI=1S/C18H30N4O4/c1-19-7-4-15(5-8-19)20-9-11-22(12-10-20)17(24)18(25)26-14-13-21-6-2-3-16(21)23/h15H,2-14H2,1H3. The number of nitrogens with zero attached hydrogens (tertiary/aromatic N) is 4. The Kier molecular flexibility index (Phi) is 6.48. The summed E-state index contributed by atoms with van der Waals surface area (Å²) < 4.78 is 5.08. The zero-order valence-corrected chi connectivity index (χ0v) is 15.7. The average molecular weight is 366 g/mol. The molecule has 146 valence electrons. The SMILES string of the molecule is CN1CCC(N2CCN(C(=O)C(=O)OCCN3CCCC3=O)CC2)CC1. The molecule has 0 N–H and O–H groups in total. The predicted octanol–water partition coefficient (Wildman–Crippen LogP) is -0.610. The predicted molar refractivity (Wildman–Crippen MR) is 95.4 cm³/mol. The highest BCUT2D eigenvalue weighted by atomic mass is 16.5. The second-order valence-corrected chi connectivity index (χ2v) is 7.48. The van der Waals surface area contributed by atoms with Crippen LogP contribution in [0, 0.1) is 0 Å². The van der Waals surface area contributed by atoms with E-state index in [2.05, 4.69) is 16.8 Å². The molecule has 0 bridgehead atoms. The van der Waals surface area contributed by atoms with Crippen molar-refractivity contribution in [2.75, 3.05) is 66.0 Å². The molecule has 0 aliphatic carbocycles. The van der Waals surface area contributed by atoms with Crippen LogP contribution in [0.3, 0.4) is 0 Å². The van der Waals surface area contributed by atoms with E-state index in [0.717, 1.165) is 32.6 Å². The molecule has 0 aromatic carbocycles. The van der Waals surface area contributed by atoms with E-state index in [-0.39, 0.29) is 12.5 Å². The molecule has 8 nitrogen and oxygen atoms in total. The third-order valence-electron chi connectivity index (χ3n) is 5.75. The van der Waals surface area contributed by atoms with E-state index in [1.54, 1.807) is 9.80 Å². The first kappa shape index (κ1) is 19.1. The molecular weight excluding hydrogens is 336 g/mol.